The zero-order chi connectivity index (χ0) is 37.7. The molecule has 2 heterocycles. The lowest BCUT2D eigenvalue weighted by molar-refractivity contribution is 0.669. The normalized spacial score (nSPS) is 11.5. The van der Waals surface area contributed by atoms with Crippen molar-refractivity contribution < 1.29 is 4.42 Å². The number of hydrogen-bond acceptors (Lipinski definition) is 2. The maximum absolute atomic E-state index is 6.50. The Kier molecular flexibility index (Phi) is 7.82. The Morgan fingerprint density at radius 2 is 0.930 bits per heavy atom. The average Bonchev–Trinajstić information content (AvgIpc) is 3.84. The van der Waals surface area contributed by atoms with E-state index in [1.165, 1.54) is 32.9 Å². The number of hydrogen-bond donors (Lipinski definition) is 0. The Morgan fingerprint density at radius 1 is 0.351 bits per heavy atom. The molecule has 0 amide bonds. The highest BCUT2D eigenvalue weighted by atomic mass is 16.3. The van der Waals surface area contributed by atoms with Crippen LogP contribution in [-0.2, 0) is 0 Å². The van der Waals surface area contributed by atoms with Crippen molar-refractivity contribution in [2.24, 2.45) is 0 Å². The second kappa shape index (κ2) is 13.6. The molecule has 57 heavy (non-hydrogen) atoms. The van der Waals surface area contributed by atoms with Crippen molar-refractivity contribution in [3.8, 4) is 39.1 Å². The second-order valence-electron chi connectivity index (χ2n) is 14.5. The molecule has 0 radical (unpaired) electrons. The smallest absolute Gasteiger partial charge is 0.137 e. The Bertz CT molecular complexity index is 3220. The van der Waals surface area contributed by atoms with Gasteiger partial charge < -0.3 is 13.9 Å². The highest BCUT2D eigenvalue weighted by molar-refractivity contribution is 6.14. The van der Waals surface area contributed by atoms with Crippen molar-refractivity contribution in [3.63, 3.8) is 0 Å². The molecule has 0 aliphatic rings. The van der Waals surface area contributed by atoms with Crippen LogP contribution in [0.25, 0.3) is 82.8 Å². The van der Waals surface area contributed by atoms with E-state index in [2.05, 4.69) is 222 Å². The van der Waals surface area contributed by atoms with Crippen LogP contribution in [0.15, 0.2) is 223 Å². The van der Waals surface area contributed by atoms with Crippen LogP contribution in [0.4, 0.5) is 17.1 Å². The molecule has 0 N–H and O–H groups in total. The number of benzene rings is 9. The number of furan rings is 1. The van der Waals surface area contributed by atoms with Crippen molar-refractivity contribution in [2.45, 2.75) is 0 Å². The molecule has 3 heteroatoms. The topological polar surface area (TPSA) is 21.3 Å². The lowest BCUT2D eigenvalue weighted by Crippen LogP contribution is -2.12. The second-order valence-corrected chi connectivity index (χ2v) is 14.5. The molecular formula is C54H36N2O. The van der Waals surface area contributed by atoms with Gasteiger partial charge in [-0.25, -0.2) is 0 Å². The maximum atomic E-state index is 6.50. The van der Waals surface area contributed by atoms with E-state index < -0.39 is 0 Å². The van der Waals surface area contributed by atoms with E-state index in [0.717, 1.165) is 66.9 Å². The molecule has 0 unspecified atom stereocenters. The summed E-state index contributed by atoms with van der Waals surface area (Å²) in [4.78, 5) is 2.43. The van der Waals surface area contributed by atoms with Crippen LogP contribution < -0.4 is 4.90 Å². The van der Waals surface area contributed by atoms with Crippen LogP contribution in [0.2, 0.25) is 0 Å². The van der Waals surface area contributed by atoms with Crippen LogP contribution in [0.1, 0.15) is 0 Å². The third-order valence-corrected chi connectivity index (χ3v) is 11.2. The first-order chi connectivity index (χ1) is 28.3. The van der Waals surface area contributed by atoms with E-state index in [1.807, 2.05) is 6.07 Å². The molecule has 0 saturated heterocycles. The first kappa shape index (κ1) is 32.8. The number of anilines is 3. The average molecular weight is 729 g/mol. The van der Waals surface area contributed by atoms with E-state index in [1.54, 1.807) is 0 Å². The summed E-state index contributed by atoms with van der Waals surface area (Å²) in [6.45, 7) is 0. The molecule has 2 aromatic heterocycles. The van der Waals surface area contributed by atoms with Gasteiger partial charge in [0, 0.05) is 33.1 Å². The Labute approximate surface area is 330 Å². The molecule has 0 spiro atoms. The third kappa shape index (κ3) is 5.60. The summed E-state index contributed by atoms with van der Waals surface area (Å²) in [5.74, 6) is 0. The van der Waals surface area contributed by atoms with Crippen molar-refractivity contribution >= 4 is 60.8 Å². The number of rotatable bonds is 7. The van der Waals surface area contributed by atoms with Crippen molar-refractivity contribution in [1.29, 1.82) is 0 Å². The summed E-state index contributed by atoms with van der Waals surface area (Å²) in [5.41, 5.74) is 15.3. The van der Waals surface area contributed by atoms with Gasteiger partial charge in [-0.05, 0) is 88.5 Å². The van der Waals surface area contributed by atoms with Crippen LogP contribution in [-0.4, -0.2) is 4.57 Å². The standard InChI is InChI=1S/C54H36N2O/c1-4-15-37(16-5-1)39-27-31-43(32-28-39)56(49-24-14-26-53-54(49)47-22-11-13-25-52(47)57-53)50-35-40(38-17-6-2-7-18-38)29-33-44(50)41-30-34-46-45-21-10-12-23-48(45)55(51(46)36-41)42-19-8-3-9-20-42/h1-36H. The van der Waals surface area contributed by atoms with Crippen LogP contribution in [0, 0.1) is 0 Å². The summed E-state index contributed by atoms with van der Waals surface area (Å²) >= 11 is 0. The summed E-state index contributed by atoms with van der Waals surface area (Å²) in [6, 6.07) is 78.2. The minimum atomic E-state index is 0.856. The molecule has 0 fully saturated rings. The van der Waals surface area contributed by atoms with Gasteiger partial charge in [0.15, 0.2) is 0 Å². The highest BCUT2D eigenvalue weighted by Crippen LogP contribution is 2.48. The predicted molar refractivity (Wildman–Crippen MR) is 239 cm³/mol. The van der Waals surface area contributed by atoms with Gasteiger partial charge in [0.25, 0.3) is 0 Å². The van der Waals surface area contributed by atoms with Crippen molar-refractivity contribution in [1.82, 2.24) is 4.57 Å². The Balaban J connectivity index is 1.20. The Hall–Kier alpha value is -7.62. The number of aromatic nitrogens is 1. The molecule has 0 saturated carbocycles. The molecule has 268 valence electrons. The maximum Gasteiger partial charge on any atom is 0.137 e. The van der Waals surface area contributed by atoms with Gasteiger partial charge in [0.05, 0.1) is 27.8 Å². The van der Waals surface area contributed by atoms with Crippen LogP contribution >= 0.6 is 0 Å². The molecule has 0 aliphatic heterocycles. The molecule has 11 rings (SSSR count). The minimum absolute atomic E-state index is 0.856. The van der Waals surface area contributed by atoms with Crippen LogP contribution in [0.3, 0.4) is 0 Å². The fraction of sp³-hybridized carbons (Fsp3) is 0. The van der Waals surface area contributed by atoms with E-state index in [9.17, 15) is 0 Å². The molecule has 9 aromatic carbocycles. The summed E-state index contributed by atoms with van der Waals surface area (Å²) in [7, 11) is 0. The molecule has 0 aliphatic carbocycles. The van der Waals surface area contributed by atoms with E-state index in [4.69, 9.17) is 4.42 Å². The van der Waals surface area contributed by atoms with Crippen molar-refractivity contribution in [2.75, 3.05) is 4.90 Å². The van der Waals surface area contributed by atoms with Crippen molar-refractivity contribution in [3.05, 3.63) is 218 Å². The first-order valence-electron chi connectivity index (χ1n) is 19.4. The number of fused-ring (bicyclic) bond motifs is 6. The minimum Gasteiger partial charge on any atom is -0.456 e. The van der Waals surface area contributed by atoms with E-state index in [0.29, 0.717) is 0 Å². The number of nitrogens with zero attached hydrogens (tertiary/aromatic N) is 2. The highest BCUT2D eigenvalue weighted by Gasteiger charge is 2.24. The summed E-state index contributed by atoms with van der Waals surface area (Å²) < 4.78 is 8.90. The summed E-state index contributed by atoms with van der Waals surface area (Å²) in [5, 5.41) is 4.63. The molecule has 0 atom stereocenters. The van der Waals surface area contributed by atoms with Gasteiger partial charge in [0.1, 0.15) is 11.2 Å². The van der Waals surface area contributed by atoms with Crippen LogP contribution in [0.5, 0.6) is 0 Å². The van der Waals surface area contributed by atoms with Gasteiger partial charge in [-0.2, -0.15) is 0 Å². The fourth-order valence-corrected chi connectivity index (χ4v) is 8.55. The monoisotopic (exact) mass is 728 g/mol. The van der Waals surface area contributed by atoms with Gasteiger partial charge in [-0.3, -0.25) is 0 Å². The SMILES string of the molecule is c1ccc(-c2ccc(N(c3cc(-c4ccccc4)ccc3-c3ccc4c5ccccc5n(-c5ccccc5)c4c3)c3cccc4oc5ccccc5c34)cc2)cc1. The molecule has 3 nitrogen and oxygen atoms in total. The zero-order valence-corrected chi connectivity index (χ0v) is 31.1. The summed E-state index contributed by atoms with van der Waals surface area (Å²) in [6.07, 6.45) is 0. The lowest BCUT2D eigenvalue weighted by Gasteiger charge is -2.29. The van der Waals surface area contributed by atoms with Gasteiger partial charge in [0.2, 0.25) is 0 Å². The largest absolute Gasteiger partial charge is 0.456 e. The molecule has 11 aromatic rings. The van der Waals surface area contributed by atoms with E-state index >= 15 is 0 Å². The lowest BCUT2D eigenvalue weighted by atomic mass is 9.95. The fourth-order valence-electron chi connectivity index (χ4n) is 8.55. The van der Waals surface area contributed by atoms with Gasteiger partial charge in [-0.1, -0.05) is 158 Å². The Morgan fingerprint density at radius 3 is 1.70 bits per heavy atom. The van der Waals surface area contributed by atoms with E-state index in [-0.39, 0.29) is 0 Å². The molecule has 0 bridgehead atoms. The quantitative estimate of drug-likeness (QED) is 0.163. The first-order valence-corrected chi connectivity index (χ1v) is 19.4. The molecular weight excluding hydrogens is 693 g/mol. The third-order valence-electron chi connectivity index (χ3n) is 11.2. The zero-order valence-electron chi connectivity index (χ0n) is 31.1. The van der Waals surface area contributed by atoms with Gasteiger partial charge >= 0.3 is 0 Å². The van der Waals surface area contributed by atoms with Gasteiger partial charge in [-0.15, -0.1) is 0 Å². The predicted octanol–water partition coefficient (Wildman–Crippen LogP) is 15.2. The number of para-hydroxylation sites is 3.